The van der Waals surface area contributed by atoms with Crippen molar-refractivity contribution in [1.29, 1.82) is 0 Å². The first-order valence-corrected chi connectivity index (χ1v) is 11.7. The zero-order valence-corrected chi connectivity index (χ0v) is 18.3. The number of nitrogens with one attached hydrogen (secondary N) is 1. The van der Waals surface area contributed by atoms with Crippen molar-refractivity contribution >= 4 is 15.5 Å². The Morgan fingerprint density at radius 1 is 0.875 bits per heavy atom. The molecule has 0 atom stereocenters. The van der Waals surface area contributed by atoms with Gasteiger partial charge in [-0.25, -0.2) is 21.9 Å². The van der Waals surface area contributed by atoms with Crippen molar-refractivity contribution in [2.75, 3.05) is 18.6 Å². The maximum atomic E-state index is 14.1. The van der Waals surface area contributed by atoms with Crippen molar-refractivity contribution in [3.8, 4) is 28.1 Å². The zero-order valence-electron chi connectivity index (χ0n) is 17.5. The second kappa shape index (κ2) is 8.55. The van der Waals surface area contributed by atoms with Crippen LogP contribution in [0.15, 0.2) is 83.8 Å². The third-order valence-electron chi connectivity index (χ3n) is 5.14. The molecular formula is C24H21F2N3O2S. The SMILES string of the molecule is CNc1ccc(-c2c(C(F)F)nn(-c3ccccc3)c2-c2ccc(S(C)(=O)=O)cc2)cc1. The molecule has 0 spiro atoms. The number of sulfone groups is 1. The Morgan fingerprint density at radius 2 is 1.47 bits per heavy atom. The fourth-order valence-electron chi connectivity index (χ4n) is 3.56. The first-order chi connectivity index (χ1) is 15.3. The van der Waals surface area contributed by atoms with Gasteiger partial charge in [0.1, 0.15) is 5.69 Å². The lowest BCUT2D eigenvalue weighted by atomic mass is 9.98. The summed E-state index contributed by atoms with van der Waals surface area (Å²) in [6, 6.07) is 22.3. The third kappa shape index (κ3) is 4.13. The maximum Gasteiger partial charge on any atom is 0.282 e. The van der Waals surface area contributed by atoms with E-state index in [1.807, 2.05) is 6.07 Å². The average Bonchev–Trinajstić information content (AvgIpc) is 3.20. The number of hydrogen-bond acceptors (Lipinski definition) is 4. The predicted molar refractivity (Wildman–Crippen MR) is 122 cm³/mol. The minimum atomic E-state index is -3.39. The minimum Gasteiger partial charge on any atom is -0.388 e. The molecule has 5 nitrogen and oxygen atoms in total. The number of para-hydroxylation sites is 1. The lowest BCUT2D eigenvalue weighted by Gasteiger charge is -2.12. The first-order valence-electron chi connectivity index (χ1n) is 9.85. The quantitative estimate of drug-likeness (QED) is 0.413. The molecule has 0 radical (unpaired) electrons. The van der Waals surface area contributed by atoms with Gasteiger partial charge in [0.2, 0.25) is 0 Å². The molecular weight excluding hydrogens is 432 g/mol. The number of aromatic nitrogens is 2. The second-order valence-electron chi connectivity index (χ2n) is 7.28. The molecule has 0 saturated carbocycles. The molecule has 3 aromatic carbocycles. The molecule has 0 unspecified atom stereocenters. The number of anilines is 1. The van der Waals surface area contributed by atoms with Crippen molar-refractivity contribution in [1.82, 2.24) is 9.78 Å². The summed E-state index contributed by atoms with van der Waals surface area (Å²) in [6.45, 7) is 0. The Balaban J connectivity index is 2.02. The molecule has 32 heavy (non-hydrogen) atoms. The van der Waals surface area contributed by atoms with Crippen LogP contribution in [0.3, 0.4) is 0 Å². The monoisotopic (exact) mass is 453 g/mol. The fourth-order valence-corrected chi connectivity index (χ4v) is 4.19. The van der Waals surface area contributed by atoms with Crippen LogP contribution < -0.4 is 5.32 Å². The van der Waals surface area contributed by atoms with E-state index in [1.165, 1.54) is 16.8 Å². The third-order valence-corrected chi connectivity index (χ3v) is 6.27. The summed E-state index contributed by atoms with van der Waals surface area (Å²) in [4.78, 5) is 0.154. The molecule has 0 aliphatic carbocycles. The van der Waals surface area contributed by atoms with Gasteiger partial charge < -0.3 is 5.32 Å². The summed E-state index contributed by atoms with van der Waals surface area (Å²) in [6.07, 6.45) is -1.67. The van der Waals surface area contributed by atoms with Crippen LogP contribution in [-0.2, 0) is 9.84 Å². The first kappa shape index (κ1) is 21.7. The van der Waals surface area contributed by atoms with Crippen LogP contribution in [0.25, 0.3) is 28.1 Å². The van der Waals surface area contributed by atoms with E-state index < -0.39 is 16.3 Å². The van der Waals surface area contributed by atoms with Crippen LogP contribution in [-0.4, -0.2) is 31.5 Å². The molecule has 1 heterocycles. The molecule has 0 aliphatic rings. The van der Waals surface area contributed by atoms with Gasteiger partial charge >= 0.3 is 0 Å². The van der Waals surface area contributed by atoms with E-state index in [9.17, 15) is 17.2 Å². The van der Waals surface area contributed by atoms with Crippen molar-refractivity contribution in [3.05, 3.63) is 84.6 Å². The van der Waals surface area contributed by atoms with Crippen molar-refractivity contribution in [2.45, 2.75) is 11.3 Å². The largest absolute Gasteiger partial charge is 0.388 e. The molecule has 8 heteroatoms. The lowest BCUT2D eigenvalue weighted by Crippen LogP contribution is -2.01. The molecule has 164 valence electrons. The lowest BCUT2D eigenvalue weighted by molar-refractivity contribution is 0.146. The molecule has 0 fully saturated rings. The number of hydrogen-bond donors (Lipinski definition) is 1. The van der Waals surface area contributed by atoms with Gasteiger partial charge in [0, 0.05) is 30.1 Å². The Hall–Kier alpha value is -3.52. The van der Waals surface area contributed by atoms with Crippen molar-refractivity contribution in [3.63, 3.8) is 0 Å². The summed E-state index contributed by atoms with van der Waals surface area (Å²) in [5.41, 5.74) is 3.06. The van der Waals surface area contributed by atoms with Gasteiger partial charge in [0.15, 0.2) is 9.84 Å². The van der Waals surface area contributed by atoms with Crippen LogP contribution >= 0.6 is 0 Å². The van der Waals surface area contributed by atoms with Crippen LogP contribution in [0.5, 0.6) is 0 Å². The Kier molecular flexibility index (Phi) is 5.80. The highest BCUT2D eigenvalue weighted by atomic mass is 32.2. The summed E-state index contributed by atoms with van der Waals surface area (Å²) >= 11 is 0. The fraction of sp³-hybridized carbons (Fsp3) is 0.125. The molecule has 1 N–H and O–H groups in total. The van der Waals surface area contributed by atoms with Gasteiger partial charge in [-0.1, -0.05) is 42.5 Å². The van der Waals surface area contributed by atoms with Gasteiger partial charge in [-0.3, -0.25) is 0 Å². The molecule has 4 aromatic rings. The minimum absolute atomic E-state index is 0.154. The average molecular weight is 454 g/mol. The van der Waals surface area contributed by atoms with Gasteiger partial charge in [-0.15, -0.1) is 0 Å². The number of alkyl halides is 2. The van der Waals surface area contributed by atoms with Crippen LogP contribution in [0.2, 0.25) is 0 Å². The molecule has 0 amide bonds. The predicted octanol–water partition coefficient (Wildman–Crippen LogP) is 5.59. The van der Waals surface area contributed by atoms with Crippen LogP contribution in [0.1, 0.15) is 12.1 Å². The number of rotatable bonds is 6. The van der Waals surface area contributed by atoms with E-state index >= 15 is 0 Å². The normalized spacial score (nSPS) is 11.7. The highest BCUT2D eigenvalue weighted by Crippen LogP contribution is 2.41. The van der Waals surface area contributed by atoms with Gasteiger partial charge in [-0.2, -0.15) is 5.10 Å². The second-order valence-corrected chi connectivity index (χ2v) is 9.30. The number of benzene rings is 3. The van der Waals surface area contributed by atoms with Crippen LogP contribution in [0, 0.1) is 0 Å². The van der Waals surface area contributed by atoms with E-state index in [1.54, 1.807) is 67.7 Å². The van der Waals surface area contributed by atoms with E-state index in [0.717, 1.165) is 11.9 Å². The number of halogens is 2. The van der Waals surface area contributed by atoms with E-state index in [2.05, 4.69) is 10.4 Å². The molecule has 0 bridgehead atoms. The van der Waals surface area contributed by atoms with Crippen molar-refractivity contribution < 1.29 is 17.2 Å². The standard InChI is InChI=1S/C24H21F2N3O2S/c1-27-18-12-8-16(9-13-18)21-22(24(25)26)28-29(19-6-4-3-5-7-19)23(21)17-10-14-20(15-11-17)32(2,30)31/h3-15,24,27H,1-2H3. The summed E-state index contributed by atoms with van der Waals surface area (Å²) in [5.74, 6) is 0. The van der Waals surface area contributed by atoms with Gasteiger partial charge in [0.25, 0.3) is 6.43 Å². The summed E-state index contributed by atoms with van der Waals surface area (Å²) in [5, 5.41) is 7.29. The van der Waals surface area contributed by atoms with Crippen molar-refractivity contribution in [2.24, 2.45) is 0 Å². The topological polar surface area (TPSA) is 64.0 Å². The Labute approximate surface area is 185 Å². The summed E-state index contributed by atoms with van der Waals surface area (Å²) in [7, 11) is -1.61. The van der Waals surface area contributed by atoms with E-state index in [-0.39, 0.29) is 10.6 Å². The maximum absolute atomic E-state index is 14.1. The highest BCUT2D eigenvalue weighted by Gasteiger charge is 2.27. The van der Waals surface area contributed by atoms with E-state index in [4.69, 9.17) is 0 Å². The Bertz CT molecular complexity index is 1330. The summed E-state index contributed by atoms with van der Waals surface area (Å²) < 4.78 is 53.5. The molecule has 0 aliphatic heterocycles. The molecule has 0 saturated heterocycles. The Morgan fingerprint density at radius 3 is 2.00 bits per heavy atom. The molecule has 1 aromatic heterocycles. The van der Waals surface area contributed by atoms with Gasteiger partial charge in [-0.05, 0) is 42.0 Å². The van der Waals surface area contributed by atoms with Crippen LogP contribution in [0.4, 0.5) is 14.5 Å². The smallest absolute Gasteiger partial charge is 0.282 e. The number of nitrogens with zero attached hydrogens (tertiary/aromatic N) is 2. The van der Waals surface area contributed by atoms with E-state index in [0.29, 0.717) is 28.1 Å². The highest BCUT2D eigenvalue weighted by molar-refractivity contribution is 7.90. The molecule has 4 rings (SSSR count). The zero-order chi connectivity index (χ0) is 22.9. The van der Waals surface area contributed by atoms with Gasteiger partial charge in [0.05, 0.1) is 16.3 Å².